The first-order valence-electron chi connectivity index (χ1n) is 7.68. The van der Waals surface area contributed by atoms with Crippen molar-refractivity contribution in [3.63, 3.8) is 0 Å². The van der Waals surface area contributed by atoms with Crippen LogP contribution in [-0.2, 0) is 20.7 Å². The summed E-state index contributed by atoms with van der Waals surface area (Å²) < 4.78 is 5.34. The fraction of sp³-hybridized carbons (Fsp3) is 0.500. The predicted octanol–water partition coefficient (Wildman–Crippen LogP) is 0.318. The fourth-order valence-corrected chi connectivity index (χ4v) is 2.34. The fourth-order valence-electron chi connectivity index (χ4n) is 2.34. The molecule has 0 saturated carbocycles. The molecule has 2 N–H and O–H groups in total. The van der Waals surface area contributed by atoms with E-state index in [-0.39, 0.29) is 0 Å². The number of carbonyl (C=O) groups excluding carboxylic acids is 2. The third kappa shape index (κ3) is 4.73. The van der Waals surface area contributed by atoms with Gasteiger partial charge in [-0.15, -0.1) is 0 Å². The van der Waals surface area contributed by atoms with E-state index < -0.39 is 11.8 Å². The molecule has 0 unspecified atom stereocenters. The Hall–Kier alpha value is -2.08. The topological polar surface area (TPSA) is 70.7 Å². The Balaban J connectivity index is 1.76. The zero-order chi connectivity index (χ0) is 15.8. The lowest BCUT2D eigenvalue weighted by Crippen LogP contribution is -2.40. The zero-order valence-electron chi connectivity index (χ0n) is 12.9. The normalized spacial score (nSPS) is 14.5. The number of ether oxygens (including phenoxy) is 1. The van der Waals surface area contributed by atoms with Gasteiger partial charge in [-0.2, -0.15) is 0 Å². The maximum absolute atomic E-state index is 11.4. The maximum atomic E-state index is 11.4. The molecule has 1 aliphatic heterocycles. The number of rotatable bonds is 5. The third-order valence-corrected chi connectivity index (χ3v) is 3.56. The lowest BCUT2D eigenvalue weighted by Gasteiger charge is -2.28. The van der Waals surface area contributed by atoms with E-state index >= 15 is 0 Å². The van der Waals surface area contributed by atoms with Crippen LogP contribution in [0.1, 0.15) is 12.5 Å². The van der Waals surface area contributed by atoms with E-state index in [4.69, 9.17) is 4.74 Å². The molecule has 0 aromatic heterocycles. The van der Waals surface area contributed by atoms with Gasteiger partial charge >= 0.3 is 11.8 Å². The highest BCUT2D eigenvalue weighted by Crippen LogP contribution is 2.16. The molecule has 120 valence electrons. The van der Waals surface area contributed by atoms with Gasteiger partial charge < -0.3 is 20.3 Å². The van der Waals surface area contributed by atoms with Gasteiger partial charge in [-0.1, -0.05) is 12.1 Å². The second-order valence-corrected chi connectivity index (χ2v) is 5.13. The van der Waals surface area contributed by atoms with Crippen LogP contribution in [0.25, 0.3) is 0 Å². The Morgan fingerprint density at radius 3 is 2.36 bits per heavy atom. The average Bonchev–Trinajstić information content (AvgIpc) is 2.56. The molecule has 1 aliphatic rings. The van der Waals surface area contributed by atoms with Crippen molar-refractivity contribution in [3.8, 4) is 0 Å². The van der Waals surface area contributed by atoms with Gasteiger partial charge in [0.25, 0.3) is 0 Å². The molecule has 1 fully saturated rings. The van der Waals surface area contributed by atoms with Crippen LogP contribution >= 0.6 is 0 Å². The summed E-state index contributed by atoms with van der Waals surface area (Å²) >= 11 is 0. The van der Waals surface area contributed by atoms with Crippen LogP contribution in [0, 0.1) is 0 Å². The second kappa shape index (κ2) is 8.38. The summed E-state index contributed by atoms with van der Waals surface area (Å²) in [6.45, 7) is 6.06. The molecule has 6 heteroatoms. The number of amides is 2. The van der Waals surface area contributed by atoms with Gasteiger partial charge in [0.1, 0.15) is 0 Å². The number of hydrogen-bond acceptors (Lipinski definition) is 4. The molecule has 0 spiro atoms. The summed E-state index contributed by atoms with van der Waals surface area (Å²) in [4.78, 5) is 25.0. The highest BCUT2D eigenvalue weighted by Gasteiger charge is 2.12. The van der Waals surface area contributed by atoms with Crippen LogP contribution in [0.5, 0.6) is 0 Å². The standard InChI is InChI=1S/C16H23N3O3/c1-2-17-15(20)16(21)18-8-7-13-3-5-14(6-4-13)19-9-11-22-12-10-19/h3-6H,2,7-12H2,1H3,(H,17,20)(H,18,21). The number of carbonyl (C=O) groups is 2. The van der Waals surface area contributed by atoms with E-state index in [1.807, 2.05) is 0 Å². The Kier molecular flexibility index (Phi) is 6.21. The van der Waals surface area contributed by atoms with E-state index in [0.717, 1.165) is 31.9 Å². The van der Waals surface area contributed by atoms with E-state index in [0.29, 0.717) is 19.5 Å². The van der Waals surface area contributed by atoms with Crippen molar-refractivity contribution in [2.75, 3.05) is 44.3 Å². The van der Waals surface area contributed by atoms with Crippen LogP contribution in [0.2, 0.25) is 0 Å². The molecule has 1 heterocycles. The smallest absolute Gasteiger partial charge is 0.309 e. The molecule has 2 amide bonds. The van der Waals surface area contributed by atoms with Gasteiger partial charge in [-0.3, -0.25) is 9.59 Å². The van der Waals surface area contributed by atoms with Crippen molar-refractivity contribution in [2.24, 2.45) is 0 Å². The molecular weight excluding hydrogens is 282 g/mol. The molecule has 0 atom stereocenters. The molecule has 22 heavy (non-hydrogen) atoms. The van der Waals surface area contributed by atoms with Gasteiger partial charge in [0.15, 0.2) is 0 Å². The lowest BCUT2D eigenvalue weighted by molar-refractivity contribution is -0.139. The molecular formula is C16H23N3O3. The summed E-state index contributed by atoms with van der Waals surface area (Å²) in [6, 6.07) is 8.30. The minimum absolute atomic E-state index is 0.451. The number of morpholine rings is 1. The Bertz CT molecular complexity index is 496. The molecule has 1 saturated heterocycles. The molecule has 1 aromatic rings. The summed E-state index contributed by atoms with van der Waals surface area (Å²) in [5.41, 5.74) is 2.33. The number of benzene rings is 1. The molecule has 2 rings (SSSR count). The molecule has 1 aromatic carbocycles. The minimum Gasteiger partial charge on any atom is -0.378 e. The first kappa shape index (κ1) is 16.3. The minimum atomic E-state index is -0.579. The van der Waals surface area contributed by atoms with Crippen LogP contribution in [0.3, 0.4) is 0 Å². The number of hydrogen-bond donors (Lipinski definition) is 2. The summed E-state index contributed by atoms with van der Waals surface area (Å²) in [5.74, 6) is -1.16. The SMILES string of the molecule is CCNC(=O)C(=O)NCCc1ccc(N2CCOCC2)cc1. The second-order valence-electron chi connectivity index (χ2n) is 5.13. The van der Waals surface area contributed by atoms with Gasteiger partial charge in [-0.25, -0.2) is 0 Å². The van der Waals surface area contributed by atoms with Crippen molar-refractivity contribution in [2.45, 2.75) is 13.3 Å². The number of likely N-dealkylation sites (N-methyl/N-ethyl adjacent to an activating group) is 1. The van der Waals surface area contributed by atoms with E-state index in [9.17, 15) is 9.59 Å². The zero-order valence-corrected chi connectivity index (χ0v) is 12.9. The summed E-state index contributed by atoms with van der Waals surface area (Å²) in [5, 5.41) is 5.09. The van der Waals surface area contributed by atoms with E-state index in [1.165, 1.54) is 5.69 Å². The first-order chi connectivity index (χ1) is 10.7. The molecule has 0 aliphatic carbocycles. The molecule has 0 bridgehead atoms. The third-order valence-electron chi connectivity index (χ3n) is 3.56. The Labute approximate surface area is 130 Å². The average molecular weight is 305 g/mol. The van der Waals surface area contributed by atoms with Gasteiger partial charge in [-0.05, 0) is 31.0 Å². The van der Waals surface area contributed by atoms with Gasteiger partial charge in [0.05, 0.1) is 13.2 Å². The number of nitrogens with zero attached hydrogens (tertiary/aromatic N) is 1. The van der Waals surface area contributed by atoms with Crippen LogP contribution in [0.15, 0.2) is 24.3 Å². The van der Waals surface area contributed by atoms with Gasteiger partial charge in [0, 0.05) is 31.9 Å². The van der Waals surface area contributed by atoms with E-state index in [1.54, 1.807) is 6.92 Å². The summed E-state index contributed by atoms with van der Waals surface area (Å²) in [7, 11) is 0. The molecule has 0 radical (unpaired) electrons. The van der Waals surface area contributed by atoms with Crippen LogP contribution in [-0.4, -0.2) is 51.2 Å². The predicted molar refractivity (Wildman–Crippen MR) is 84.9 cm³/mol. The quantitative estimate of drug-likeness (QED) is 0.769. The number of anilines is 1. The molecule has 6 nitrogen and oxygen atoms in total. The monoisotopic (exact) mass is 305 g/mol. The van der Waals surface area contributed by atoms with Crippen molar-refractivity contribution >= 4 is 17.5 Å². The first-order valence-corrected chi connectivity index (χ1v) is 7.68. The Morgan fingerprint density at radius 2 is 1.73 bits per heavy atom. The van der Waals surface area contributed by atoms with Crippen molar-refractivity contribution in [1.29, 1.82) is 0 Å². The highest BCUT2D eigenvalue weighted by molar-refractivity contribution is 6.35. The van der Waals surface area contributed by atoms with Crippen molar-refractivity contribution < 1.29 is 14.3 Å². The van der Waals surface area contributed by atoms with Crippen LogP contribution < -0.4 is 15.5 Å². The lowest BCUT2D eigenvalue weighted by atomic mass is 10.1. The summed E-state index contributed by atoms with van der Waals surface area (Å²) in [6.07, 6.45) is 0.703. The van der Waals surface area contributed by atoms with E-state index in [2.05, 4.69) is 39.8 Å². The van der Waals surface area contributed by atoms with Crippen LogP contribution in [0.4, 0.5) is 5.69 Å². The largest absolute Gasteiger partial charge is 0.378 e. The van der Waals surface area contributed by atoms with Crippen molar-refractivity contribution in [1.82, 2.24) is 10.6 Å². The maximum Gasteiger partial charge on any atom is 0.309 e. The Morgan fingerprint density at radius 1 is 1.09 bits per heavy atom. The highest BCUT2D eigenvalue weighted by atomic mass is 16.5. The van der Waals surface area contributed by atoms with Crippen molar-refractivity contribution in [3.05, 3.63) is 29.8 Å². The van der Waals surface area contributed by atoms with Gasteiger partial charge in [0.2, 0.25) is 0 Å². The number of nitrogens with one attached hydrogen (secondary N) is 2.